The van der Waals surface area contributed by atoms with Crippen LogP contribution in [0.4, 0.5) is 0 Å². The Labute approximate surface area is 524 Å². The lowest BCUT2D eigenvalue weighted by atomic mass is 9.99. The number of ether oxygens (including phenoxy) is 4. The third-order valence-corrected chi connectivity index (χ3v) is 17.6. The lowest BCUT2D eigenvalue weighted by molar-refractivity contribution is -0.161. The van der Waals surface area contributed by atoms with Crippen molar-refractivity contribution in [2.45, 2.75) is 343 Å². The fourth-order valence-corrected chi connectivity index (χ4v) is 11.5. The number of unbranched alkanes of at least 4 members (excludes halogenated alkanes) is 29. The van der Waals surface area contributed by atoms with Crippen LogP contribution in [0.25, 0.3) is 0 Å². The molecule has 0 heterocycles. The normalized spacial score (nSPS) is 14.7. The van der Waals surface area contributed by atoms with Crippen molar-refractivity contribution in [3.8, 4) is 0 Å². The number of rotatable bonds is 64. The average Bonchev–Trinajstić information content (AvgIpc) is 3.67. The van der Waals surface area contributed by atoms with Gasteiger partial charge in [0.05, 0.1) is 26.4 Å². The molecule has 0 saturated heterocycles. The van der Waals surface area contributed by atoms with E-state index in [0.29, 0.717) is 37.5 Å². The first-order valence-corrected chi connectivity index (χ1v) is 37.7. The average molecular weight is 1270 g/mol. The van der Waals surface area contributed by atoms with Gasteiger partial charge in [-0.25, -0.2) is 9.13 Å². The Morgan fingerprint density at radius 2 is 0.558 bits per heavy atom. The third kappa shape index (κ3) is 59.7. The molecular formula is C67H130O17P2. The van der Waals surface area contributed by atoms with Gasteiger partial charge in [0.2, 0.25) is 0 Å². The minimum atomic E-state index is -4.95. The molecule has 0 aliphatic heterocycles. The van der Waals surface area contributed by atoms with Crippen LogP contribution in [0.5, 0.6) is 0 Å². The van der Waals surface area contributed by atoms with Crippen LogP contribution < -0.4 is 0 Å². The smallest absolute Gasteiger partial charge is 0.462 e. The van der Waals surface area contributed by atoms with Crippen molar-refractivity contribution >= 4 is 39.5 Å². The van der Waals surface area contributed by atoms with E-state index < -0.39 is 97.5 Å². The molecule has 19 heteroatoms. The first-order valence-electron chi connectivity index (χ1n) is 34.7. The van der Waals surface area contributed by atoms with Gasteiger partial charge in [-0.2, -0.15) is 0 Å². The minimum absolute atomic E-state index is 0.104. The number of hydrogen-bond acceptors (Lipinski definition) is 15. The van der Waals surface area contributed by atoms with Crippen LogP contribution in [0.2, 0.25) is 0 Å². The lowest BCUT2D eigenvalue weighted by Gasteiger charge is -2.21. The molecular weight excluding hydrogens is 1140 g/mol. The molecule has 0 bridgehead atoms. The molecule has 0 amide bonds. The summed E-state index contributed by atoms with van der Waals surface area (Å²) in [6.07, 6.45) is 37.7. The molecule has 0 aliphatic rings. The second-order valence-corrected chi connectivity index (χ2v) is 28.8. The molecule has 17 nitrogen and oxygen atoms in total. The first kappa shape index (κ1) is 84.1. The maximum atomic E-state index is 13.0. The monoisotopic (exact) mass is 1270 g/mol. The molecule has 0 aromatic carbocycles. The van der Waals surface area contributed by atoms with E-state index in [1.807, 2.05) is 0 Å². The number of phosphoric acid groups is 2. The van der Waals surface area contributed by atoms with Crippen LogP contribution in [0, 0.1) is 23.7 Å². The Morgan fingerprint density at radius 3 is 0.826 bits per heavy atom. The summed E-state index contributed by atoms with van der Waals surface area (Å²) in [5, 5.41) is 10.6. The molecule has 0 aromatic rings. The summed E-state index contributed by atoms with van der Waals surface area (Å²) >= 11 is 0. The Balaban J connectivity index is 5.25. The van der Waals surface area contributed by atoms with Gasteiger partial charge in [-0.15, -0.1) is 0 Å². The maximum absolute atomic E-state index is 13.0. The molecule has 0 aromatic heterocycles. The van der Waals surface area contributed by atoms with Crippen LogP contribution in [-0.2, 0) is 65.4 Å². The highest BCUT2D eigenvalue weighted by atomic mass is 31.2. The van der Waals surface area contributed by atoms with Gasteiger partial charge in [-0.05, 0) is 49.4 Å². The summed E-state index contributed by atoms with van der Waals surface area (Å²) in [7, 11) is -9.90. The fraction of sp³-hybridized carbons (Fsp3) is 0.940. The maximum Gasteiger partial charge on any atom is 0.472 e. The minimum Gasteiger partial charge on any atom is -0.462 e. The summed E-state index contributed by atoms with van der Waals surface area (Å²) in [4.78, 5) is 72.3. The predicted molar refractivity (Wildman–Crippen MR) is 344 cm³/mol. The summed E-state index contributed by atoms with van der Waals surface area (Å²) in [5.74, 6) is 0.803. The highest BCUT2D eigenvalue weighted by Gasteiger charge is 2.30. The number of carbonyl (C=O) groups excluding carboxylic acids is 4. The molecule has 0 radical (unpaired) electrons. The lowest BCUT2D eigenvalue weighted by Crippen LogP contribution is -2.30. The zero-order chi connectivity index (χ0) is 63.9. The molecule has 3 N–H and O–H groups in total. The van der Waals surface area contributed by atoms with Gasteiger partial charge >= 0.3 is 39.5 Å². The van der Waals surface area contributed by atoms with Crippen molar-refractivity contribution in [3.05, 3.63) is 0 Å². The molecule has 6 atom stereocenters. The number of aliphatic hydroxyl groups is 1. The van der Waals surface area contributed by atoms with E-state index in [1.165, 1.54) is 116 Å². The summed E-state index contributed by atoms with van der Waals surface area (Å²) in [5.41, 5.74) is 0. The topological polar surface area (TPSA) is 237 Å². The van der Waals surface area contributed by atoms with Crippen LogP contribution in [0.1, 0.15) is 325 Å². The van der Waals surface area contributed by atoms with E-state index in [2.05, 4.69) is 55.4 Å². The van der Waals surface area contributed by atoms with Gasteiger partial charge < -0.3 is 33.8 Å². The highest BCUT2D eigenvalue weighted by molar-refractivity contribution is 7.47. The number of esters is 4. The second-order valence-electron chi connectivity index (χ2n) is 25.9. The first-order chi connectivity index (χ1) is 41.1. The molecule has 0 saturated carbocycles. The van der Waals surface area contributed by atoms with E-state index in [-0.39, 0.29) is 25.7 Å². The number of phosphoric ester groups is 2. The van der Waals surface area contributed by atoms with Crippen molar-refractivity contribution in [2.75, 3.05) is 39.6 Å². The Hall–Kier alpha value is -1.94. The van der Waals surface area contributed by atoms with Crippen molar-refractivity contribution in [3.63, 3.8) is 0 Å². The van der Waals surface area contributed by atoms with Crippen molar-refractivity contribution < 1.29 is 80.2 Å². The van der Waals surface area contributed by atoms with Crippen LogP contribution >= 0.6 is 15.6 Å². The summed E-state index contributed by atoms with van der Waals surface area (Å²) in [6.45, 7) is 14.0. The van der Waals surface area contributed by atoms with Crippen molar-refractivity contribution in [2.24, 2.45) is 23.7 Å². The van der Waals surface area contributed by atoms with Gasteiger partial charge in [0, 0.05) is 25.7 Å². The molecule has 0 rings (SSSR count). The molecule has 86 heavy (non-hydrogen) atoms. The van der Waals surface area contributed by atoms with E-state index in [1.54, 1.807) is 0 Å². The highest BCUT2D eigenvalue weighted by Crippen LogP contribution is 2.45. The van der Waals surface area contributed by atoms with Crippen LogP contribution in [0.15, 0.2) is 0 Å². The van der Waals surface area contributed by atoms with Gasteiger partial charge in [-0.3, -0.25) is 37.3 Å². The SMILES string of the molecule is CCC(C)CCCCCCCCCCCCC(=O)O[C@H](COC(=O)CCCCCCCCCC(C)C)COP(=O)(O)OCC(O)COP(=O)(O)OC[C@@H](COC(=O)CCCCCCCCC(C)C)OC(=O)CCCCCCCCCCCCC(C)C. The molecule has 0 spiro atoms. The second kappa shape index (κ2) is 57.0. The van der Waals surface area contributed by atoms with Crippen LogP contribution in [-0.4, -0.2) is 96.7 Å². The predicted octanol–water partition coefficient (Wildman–Crippen LogP) is 18.5. The Bertz CT molecular complexity index is 1720. The van der Waals surface area contributed by atoms with Gasteiger partial charge in [0.1, 0.15) is 19.3 Å². The standard InChI is InChI=1S/C67H130O17P2/c1-9-60(8)46-38-30-21-15-11-13-17-23-34-42-50-67(72)83-62(53-77-64(69)47-39-31-24-18-20-28-36-44-58(4)5)55-81-85(73,74)79-51-61(68)52-80-86(75,76)82-56-63(54-78-65(70)48-40-32-26-25-29-37-45-59(6)7)84-66(71)49-41-33-22-16-12-10-14-19-27-35-43-57(2)3/h57-63,68H,9-56H2,1-8H3,(H,73,74)(H,75,76)/t60?,61?,62-,63-/m1/s1. The van der Waals surface area contributed by atoms with E-state index >= 15 is 0 Å². The quantitative estimate of drug-likeness (QED) is 0.0222. The molecule has 510 valence electrons. The van der Waals surface area contributed by atoms with Gasteiger partial charge in [-0.1, -0.05) is 274 Å². The zero-order valence-electron chi connectivity index (χ0n) is 55.9. The Morgan fingerprint density at radius 1 is 0.326 bits per heavy atom. The Kier molecular flexibility index (Phi) is 55.7. The number of hydrogen-bond donors (Lipinski definition) is 3. The number of carbonyl (C=O) groups is 4. The largest absolute Gasteiger partial charge is 0.472 e. The van der Waals surface area contributed by atoms with E-state index in [0.717, 1.165) is 115 Å². The molecule has 0 aliphatic carbocycles. The summed E-state index contributed by atoms with van der Waals surface area (Å²) < 4.78 is 68.1. The molecule has 0 fully saturated rings. The van der Waals surface area contributed by atoms with E-state index in [9.17, 15) is 43.2 Å². The number of aliphatic hydroxyl groups excluding tert-OH is 1. The molecule has 4 unspecified atom stereocenters. The van der Waals surface area contributed by atoms with Crippen molar-refractivity contribution in [1.82, 2.24) is 0 Å². The van der Waals surface area contributed by atoms with Gasteiger partial charge in [0.15, 0.2) is 12.2 Å². The van der Waals surface area contributed by atoms with Crippen molar-refractivity contribution in [1.29, 1.82) is 0 Å². The summed E-state index contributed by atoms with van der Waals surface area (Å²) in [6, 6.07) is 0. The third-order valence-electron chi connectivity index (χ3n) is 15.7. The van der Waals surface area contributed by atoms with E-state index in [4.69, 9.17) is 37.0 Å². The zero-order valence-corrected chi connectivity index (χ0v) is 57.7. The fourth-order valence-electron chi connectivity index (χ4n) is 9.93. The van der Waals surface area contributed by atoms with Gasteiger partial charge in [0.25, 0.3) is 0 Å². The van der Waals surface area contributed by atoms with Crippen LogP contribution in [0.3, 0.4) is 0 Å².